The van der Waals surface area contributed by atoms with Crippen molar-refractivity contribution in [2.24, 2.45) is 0 Å². The second-order valence-electron chi connectivity index (χ2n) is 5.69. The first kappa shape index (κ1) is 16.2. The molecule has 1 aliphatic heterocycles. The molecule has 0 radical (unpaired) electrons. The van der Waals surface area contributed by atoms with Crippen LogP contribution in [0.2, 0.25) is 10.0 Å². The molecule has 3 rings (SSSR count). The molecule has 120 valence electrons. The number of aryl methyl sites for hydroxylation is 1. The van der Waals surface area contributed by atoms with Gasteiger partial charge in [0.25, 0.3) is 5.91 Å². The number of halogens is 2. The van der Waals surface area contributed by atoms with Crippen LogP contribution in [0.5, 0.6) is 0 Å². The van der Waals surface area contributed by atoms with Crippen molar-refractivity contribution < 1.29 is 4.79 Å². The Balaban J connectivity index is 1.67. The maximum absolute atomic E-state index is 12.6. The van der Waals surface area contributed by atoms with Crippen LogP contribution in [0.15, 0.2) is 42.5 Å². The van der Waals surface area contributed by atoms with E-state index in [1.54, 1.807) is 0 Å². The van der Waals surface area contributed by atoms with E-state index in [0.717, 1.165) is 29.9 Å². The van der Waals surface area contributed by atoms with Crippen LogP contribution >= 0.6 is 23.2 Å². The molecule has 1 fully saturated rings. The van der Waals surface area contributed by atoms with Gasteiger partial charge in [0.2, 0.25) is 0 Å². The van der Waals surface area contributed by atoms with Gasteiger partial charge >= 0.3 is 0 Å². The van der Waals surface area contributed by atoms with E-state index in [4.69, 9.17) is 23.2 Å². The highest BCUT2D eigenvalue weighted by Crippen LogP contribution is 2.28. The molecule has 0 saturated carbocycles. The third kappa shape index (κ3) is 3.46. The highest BCUT2D eigenvalue weighted by molar-refractivity contribution is 6.42. The molecule has 0 spiro atoms. The predicted octanol–water partition coefficient (Wildman–Crippen LogP) is 4.26. The van der Waals surface area contributed by atoms with Crippen molar-refractivity contribution >= 4 is 34.8 Å². The Hall–Kier alpha value is -1.71. The summed E-state index contributed by atoms with van der Waals surface area (Å²) in [6.45, 7) is 4.95. The van der Waals surface area contributed by atoms with Gasteiger partial charge in [-0.2, -0.15) is 0 Å². The second-order valence-corrected chi connectivity index (χ2v) is 6.51. The lowest BCUT2D eigenvalue weighted by Crippen LogP contribution is -2.48. The minimum atomic E-state index is 0.108. The van der Waals surface area contributed by atoms with Gasteiger partial charge in [-0.3, -0.25) is 4.79 Å². The number of benzene rings is 2. The van der Waals surface area contributed by atoms with Crippen LogP contribution in [0.3, 0.4) is 0 Å². The quantitative estimate of drug-likeness (QED) is 0.809. The number of piperazine rings is 1. The maximum Gasteiger partial charge on any atom is 0.254 e. The fourth-order valence-electron chi connectivity index (χ4n) is 2.83. The molecule has 2 aromatic rings. The standard InChI is InChI=1S/C18H18Cl2N2O/c1-13-4-2-3-5-15(13)18(23)22-10-8-21(9-11-22)14-6-7-16(19)17(20)12-14/h2-7,12H,8-11H2,1H3. The molecule has 23 heavy (non-hydrogen) atoms. The van der Waals surface area contributed by atoms with Gasteiger partial charge in [-0.1, -0.05) is 41.4 Å². The van der Waals surface area contributed by atoms with Crippen LogP contribution in [0.1, 0.15) is 15.9 Å². The van der Waals surface area contributed by atoms with E-state index in [1.807, 2.05) is 54.3 Å². The molecule has 0 bridgehead atoms. The van der Waals surface area contributed by atoms with Gasteiger partial charge in [0.15, 0.2) is 0 Å². The van der Waals surface area contributed by atoms with Gasteiger partial charge in [-0.05, 0) is 36.8 Å². The van der Waals surface area contributed by atoms with Crippen LogP contribution in [-0.2, 0) is 0 Å². The van der Waals surface area contributed by atoms with Crippen molar-refractivity contribution in [3.63, 3.8) is 0 Å². The van der Waals surface area contributed by atoms with E-state index in [0.29, 0.717) is 23.1 Å². The molecule has 0 aliphatic carbocycles. The van der Waals surface area contributed by atoms with Gasteiger partial charge in [0.05, 0.1) is 10.0 Å². The first-order chi connectivity index (χ1) is 11.1. The molecular formula is C18H18Cl2N2O. The number of rotatable bonds is 2. The number of carbonyl (C=O) groups excluding carboxylic acids is 1. The lowest BCUT2D eigenvalue weighted by molar-refractivity contribution is 0.0746. The summed E-state index contributed by atoms with van der Waals surface area (Å²) in [5.74, 6) is 0.108. The van der Waals surface area contributed by atoms with Gasteiger partial charge in [-0.25, -0.2) is 0 Å². The fraction of sp³-hybridized carbons (Fsp3) is 0.278. The smallest absolute Gasteiger partial charge is 0.254 e. The normalized spacial score (nSPS) is 14.9. The van der Waals surface area contributed by atoms with Gasteiger partial charge in [0.1, 0.15) is 0 Å². The molecule has 0 aromatic heterocycles. The average Bonchev–Trinajstić information content (AvgIpc) is 2.57. The minimum absolute atomic E-state index is 0.108. The third-order valence-corrected chi connectivity index (χ3v) is 4.95. The number of hydrogen-bond acceptors (Lipinski definition) is 2. The first-order valence-corrected chi connectivity index (χ1v) is 8.37. The summed E-state index contributed by atoms with van der Waals surface area (Å²) in [7, 11) is 0. The highest BCUT2D eigenvalue weighted by Gasteiger charge is 2.23. The Morgan fingerprint density at radius 1 is 0.957 bits per heavy atom. The molecular weight excluding hydrogens is 331 g/mol. The summed E-state index contributed by atoms with van der Waals surface area (Å²) in [4.78, 5) is 16.8. The molecule has 1 heterocycles. The summed E-state index contributed by atoms with van der Waals surface area (Å²) in [5, 5.41) is 1.12. The Morgan fingerprint density at radius 2 is 1.65 bits per heavy atom. The van der Waals surface area contributed by atoms with Crippen molar-refractivity contribution in [1.29, 1.82) is 0 Å². The zero-order valence-corrected chi connectivity index (χ0v) is 14.4. The average molecular weight is 349 g/mol. The molecule has 1 saturated heterocycles. The SMILES string of the molecule is Cc1ccccc1C(=O)N1CCN(c2ccc(Cl)c(Cl)c2)CC1. The van der Waals surface area contributed by atoms with Gasteiger partial charge in [-0.15, -0.1) is 0 Å². The Labute approximate surface area is 146 Å². The summed E-state index contributed by atoms with van der Waals surface area (Å²) < 4.78 is 0. The summed E-state index contributed by atoms with van der Waals surface area (Å²) in [6, 6.07) is 13.4. The molecule has 0 unspecified atom stereocenters. The largest absolute Gasteiger partial charge is 0.368 e. The van der Waals surface area contributed by atoms with E-state index >= 15 is 0 Å². The maximum atomic E-state index is 12.6. The second kappa shape index (κ2) is 6.81. The van der Waals surface area contributed by atoms with Crippen LogP contribution in [0.25, 0.3) is 0 Å². The van der Waals surface area contributed by atoms with Crippen LogP contribution in [-0.4, -0.2) is 37.0 Å². The van der Waals surface area contributed by atoms with Crippen molar-refractivity contribution in [2.45, 2.75) is 6.92 Å². The summed E-state index contributed by atoms with van der Waals surface area (Å²) in [6.07, 6.45) is 0. The summed E-state index contributed by atoms with van der Waals surface area (Å²) >= 11 is 12.1. The van der Waals surface area contributed by atoms with E-state index in [-0.39, 0.29) is 5.91 Å². The molecule has 0 atom stereocenters. The first-order valence-electron chi connectivity index (χ1n) is 7.61. The Kier molecular flexibility index (Phi) is 4.79. The number of amides is 1. The zero-order chi connectivity index (χ0) is 16.4. The molecule has 1 aliphatic rings. The number of carbonyl (C=O) groups is 1. The van der Waals surface area contributed by atoms with E-state index in [2.05, 4.69) is 4.90 Å². The Morgan fingerprint density at radius 3 is 2.30 bits per heavy atom. The number of hydrogen-bond donors (Lipinski definition) is 0. The molecule has 2 aromatic carbocycles. The van der Waals surface area contributed by atoms with E-state index in [1.165, 1.54) is 0 Å². The van der Waals surface area contributed by atoms with Crippen molar-refractivity contribution in [1.82, 2.24) is 4.90 Å². The van der Waals surface area contributed by atoms with Crippen molar-refractivity contribution in [3.05, 3.63) is 63.6 Å². The van der Waals surface area contributed by atoms with E-state index < -0.39 is 0 Å². The number of anilines is 1. The third-order valence-electron chi connectivity index (χ3n) is 4.21. The predicted molar refractivity (Wildman–Crippen MR) is 95.8 cm³/mol. The zero-order valence-electron chi connectivity index (χ0n) is 12.9. The van der Waals surface area contributed by atoms with Crippen LogP contribution in [0.4, 0.5) is 5.69 Å². The highest BCUT2D eigenvalue weighted by atomic mass is 35.5. The topological polar surface area (TPSA) is 23.6 Å². The van der Waals surface area contributed by atoms with Crippen LogP contribution in [0, 0.1) is 6.92 Å². The van der Waals surface area contributed by atoms with Crippen LogP contribution < -0.4 is 4.90 Å². The molecule has 0 N–H and O–H groups in total. The summed E-state index contributed by atoms with van der Waals surface area (Å²) in [5.41, 5.74) is 2.85. The fourth-order valence-corrected chi connectivity index (χ4v) is 3.13. The van der Waals surface area contributed by atoms with Crippen molar-refractivity contribution in [2.75, 3.05) is 31.1 Å². The lowest BCUT2D eigenvalue weighted by atomic mass is 10.1. The van der Waals surface area contributed by atoms with E-state index in [9.17, 15) is 4.79 Å². The number of nitrogens with zero attached hydrogens (tertiary/aromatic N) is 2. The molecule has 5 heteroatoms. The molecule has 3 nitrogen and oxygen atoms in total. The Bertz CT molecular complexity index is 725. The van der Waals surface area contributed by atoms with Crippen molar-refractivity contribution in [3.8, 4) is 0 Å². The minimum Gasteiger partial charge on any atom is -0.368 e. The van der Waals surface area contributed by atoms with Gasteiger partial charge < -0.3 is 9.80 Å². The lowest BCUT2D eigenvalue weighted by Gasteiger charge is -2.36. The van der Waals surface area contributed by atoms with Gasteiger partial charge in [0, 0.05) is 37.4 Å². The molecule has 1 amide bonds. The monoisotopic (exact) mass is 348 g/mol.